The summed E-state index contributed by atoms with van der Waals surface area (Å²) in [5.41, 5.74) is 0.545. The Labute approximate surface area is 179 Å². The lowest BCUT2D eigenvalue weighted by atomic mass is 10.1. The van der Waals surface area contributed by atoms with Gasteiger partial charge in [0.2, 0.25) is 0 Å². The lowest BCUT2D eigenvalue weighted by Gasteiger charge is -2.23. The van der Waals surface area contributed by atoms with E-state index in [0.717, 1.165) is 0 Å². The SMILES string of the molecule is C#CCN(CC#C)Cc1cn([C@@H]2O[C@H](COC(C)=O)[C@H](OC(C)=O)C2OC(C)=O)nn1. The Morgan fingerprint density at radius 3 is 2.26 bits per heavy atom. The average Bonchev–Trinajstić information content (AvgIpc) is 3.25. The molecule has 1 aliphatic rings. The van der Waals surface area contributed by atoms with Crippen molar-refractivity contribution in [3.8, 4) is 24.7 Å². The highest BCUT2D eigenvalue weighted by atomic mass is 16.7. The number of carbonyl (C=O) groups excluding carboxylic acids is 3. The Balaban J connectivity index is 2.27. The molecule has 0 aromatic carbocycles. The molecule has 2 heterocycles. The van der Waals surface area contributed by atoms with Crippen LogP contribution in [0.15, 0.2) is 6.20 Å². The van der Waals surface area contributed by atoms with Crippen molar-refractivity contribution in [3.63, 3.8) is 0 Å². The van der Waals surface area contributed by atoms with Gasteiger partial charge in [-0.15, -0.1) is 17.9 Å². The number of esters is 3. The normalized spacial score (nSPS) is 22.4. The first kappa shape index (κ1) is 23.9. The van der Waals surface area contributed by atoms with Gasteiger partial charge in [0.1, 0.15) is 12.7 Å². The zero-order chi connectivity index (χ0) is 23.0. The Kier molecular flexibility index (Phi) is 8.55. The molecular formula is C20H24N4O7. The third-order valence-electron chi connectivity index (χ3n) is 4.17. The molecule has 4 atom stereocenters. The fraction of sp³-hybridized carbons (Fsp3) is 0.550. The number of aromatic nitrogens is 3. The van der Waals surface area contributed by atoms with E-state index in [1.807, 2.05) is 0 Å². The predicted molar refractivity (Wildman–Crippen MR) is 105 cm³/mol. The predicted octanol–water partition coefficient (Wildman–Crippen LogP) is -0.330. The first-order valence-electron chi connectivity index (χ1n) is 9.38. The number of hydrogen-bond acceptors (Lipinski definition) is 10. The van der Waals surface area contributed by atoms with Crippen LogP contribution in [0.2, 0.25) is 0 Å². The molecule has 1 fully saturated rings. The Bertz CT molecular complexity index is 869. The lowest BCUT2D eigenvalue weighted by molar-refractivity contribution is -0.166. The molecule has 1 unspecified atom stereocenters. The van der Waals surface area contributed by atoms with Gasteiger partial charge in [0.05, 0.1) is 25.0 Å². The maximum Gasteiger partial charge on any atom is 0.303 e. The highest BCUT2D eigenvalue weighted by molar-refractivity contribution is 5.67. The highest BCUT2D eigenvalue weighted by Crippen LogP contribution is 2.34. The molecule has 166 valence electrons. The summed E-state index contributed by atoms with van der Waals surface area (Å²) in [6, 6.07) is 0. The van der Waals surface area contributed by atoms with Crippen LogP contribution >= 0.6 is 0 Å². The van der Waals surface area contributed by atoms with Crippen molar-refractivity contribution in [3.05, 3.63) is 11.9 Å². The summed E-state index contributed by atoms with van der Waals surface area (Å²) in [5, 5.41) is 8.13. The standard InChI is InChI=1S/C20H24N4O7/c1-6-8-23(9-7-2)10-16-11-24(22-21-16)20-19(30-15(5)27)18(29-14(4)26)17(31-20)12-28-13(3)25/h1-2,11,17-20H,8-10,12H2,3-5H3/t17-,18+,19?,20-/m1/s1. The minimum absolute atomic E-state index is 0.207. The first-order valence-corrected chi connectivity index (χ1v) is 9.38. The highest BCUT2D eigenvalue weighted by Gasteiger charge is 2.51. The minimum Gasteiger partial charge on any atom is -0.463 e. The topological polar surface area (TPSA) is 122 Å². The zero-order valence-corrected chi connectivity index (χ0v) is 17.5. The molecule has 2 rings (SSSR count). The van der Waals surface area contributed by atoms with Gasteiger partial charge in [0, 0.05) is 27.3 Å². The second-order valence-electron chi connectivity index (χ2n) is 6.76. The van der Waals surface area contributed by atoms with E-state index in [1.54, 1.807) is 11.1 Å². The van der Waals surface area contributed by atoms with Crippen molar-refractivity contribution in [2.45, 2.75) is 51.9 Å². The number of nitrogens with zero attached hydrogens (tertiary/aromatic N) is 4. The molecule has 0 radical (unpaired) electrons. The summed E-state index contributed by atoms with van der Waals surface area (Å²) in [6.45, 7) is 4.44. The largest absolute Gasteiger partial charge is 0.463 e. The van der Waals surface area contributed by atoms with Crippen molar-refractivity contribution >= 4 is 17.9 Å². The van der Waals surface area contributed by atoms with Crippen molar-refractivity contribution in [1.82, 2.24) is 19.9 Å². The van der Waals surface area contributed by atoms with Gasteiger partial charge >= 0.3 is 17.9 Å². The summed E-state index contributed by atoms with van der Waals surface area (Å²) in [5.74, 6) is 3.27. The van der Waals surface area contributed by atoms with Crippen LogP contribution in [0.4, 0.5) is 0 Å². The summed E-state index contributed by atoms with van der Waals surface area (Å²) < 4.78 is 22.9. The number of terminal acetylenes is 2. The molecule has 0 N–H and O–H groups in total. The monoisotopic (exact) mass is 432 g/mol. The molecule has 1 saturated heterocycles. The zero-order valence-electron chi connectivity index (χ0n) is 17.5. The molecule has 0 amide bonds. The number of hydrogen-bond donors (Lipinski definition) is 0. The van der Waals surface area contributed by atoms with Crippen LogP contribution in [0, 0.1) is 24.7 Å². The van der Waals surface area contributed by atoms with Gasteiger partial charge in [-0.05, 0) is 0 Å². The van der Waals surface area contributed by atoms with E-state index in [4.69, 9.17) is 31.8 Å². The Hall–Kier alpha value is -3.41. The van der Waals surface area contributed by atoms with Crippen LogP contribution in [-0.4, -0.2) is 75.8 Å². The van der Waals surface area contributed by atoms with E-state index in [0.29, 0.717) is 25.3 Å². The van der Waals surface area contributed by atoms with Crippen molar-refractivity contribution in [2.75, 3.05) is 19.7 Å². The van der Waals surface area contributed by atoms with Crippen LogP contribution < -0.4 is 0 Å². The molecule has 0 bridgehead atoms. The fourth-order valence-electron chi connectivity index (χ4n) is 3.07. The number of carbonyl (C=O) groups is 3. The third-order valence-corrected chi connectivity index (χ3v) is 4.17. The molecule has 0 spiro atoms. The Morgan fingerprint density at radius 1 is 1.10 bits per heavy atom. The van der Waals surface area contributed by atoms with Gasteiger partial charge in [0.15, 0.2) is 18.4 Å². The molecule has 31 heavy (non-hydrogen) atoms. The molecule has 0 aliphatic carbocycles. The molecule has 1 aromatic rings. The second-order valence-corrected chi connectivity index (χ2v) is 6.76. The van der Waals surface area contributed by atoms with Crippen molar-refractivity contribution in [2.24, 2.45) is 0 Å². The van der Waals surface area contributed by atoms with Crippen LogP contribution in [0.1, 0.15) is 32.7 Å². The number of ether oxygens (including phenoxy) is 4. The van der Waals surface area contributed by atoms with Gasteiger partial charge in [-0.1, -0.05) is 17.1 Å². The lowest BCUT2D eigenvalue weighted by Crippen LogP contribution is -2.40. The van der Waals surface area contributed by atoms with Crippen LogP contribution in [0.25, 0.3) is 0 Å². The van der Waals surface area contributed by atoms with Crippen LogP contribution in [0.5, 0.6) is 0 Å². The average molecular weight is 432 g/mol. The quantitative estimate of drug-likeness (QED) is 0.291. The van der Waals surface area contributed by atoms with Crippen LogP contribution in [0.3, 0.4) is 0 Å². The molecule has 11 nitrogen and oxygen atoms in total. The fourth-order valence-corrected chi connectivity index (χ4v) is 3.07. The summed E-state index contributed by atoms with van der Waals surface area (Å²) >= 11 is 0. The number of rotatable bonds is 9. The summed E-state index contributed by atoms with van der Waals surface area (Å²) in [7, 11) is 0. The van der Waals surface area contributed by atoms with E-state index in [1.165, 1.54) is 25.5 Å². The second kappa shape index (κ2) is 11.1. The summed E-state index contributed by atoms with van der Waals surface area (Å²) in [6.07, 6.45) is 8.39. The van der Waals surface area contributed by atoms with E-state index in [2.05, 4.69) is 22.2 Å². The maximum absolute atomic E-state index is 11.7. The molecule has 11 heteroatoms. The van der Waals surface area contributed by atoms with Crippen LogP contribution in [-0.2, 0) is 39.9 Å². The summed E-state index contributed by atoms with van der Waals surface area (Å²) in [4.78, 5) is 36.3. The smallest absolute Gasteiger partial charge is 0.303 e. The first-order chi connectivity index (χ1) is 14.7. The van der Waals surface area contributed by atoms with E-state index in [9.17, 15) is 14.4 Å². The maximum atomic E-state index is 11.7. The van der Waals surface area contributed by atoms with Crippen molar-refractivity contribution < 1.29 is 33.3 Å². The minimum atomic E-state index is -1.04. The van der Waals surface area contributed by atoms with Crippen molar-refractivity contribution in [1.29, 1.82) is 0 Å². The Morgan fingerprint density at radius 2 is 1.71 bits per heavy atom. The van der Waals surface area contributed by atoms with Gasteiger partial charge < -0.3 is 18.9 Å². The molecule has 1 aliphatic heterocycles. The van der Waals surface area contributed by atoms with E-state index < -0.39 is 42.4 Å². The van der Waals surface area contributed by atoms with Gasteiger partial charge in [-0.25, -0.2) is 4.68 Å². The third kappa shape index (κ3) is 6.81. The van der Waals surface area contributed by atoms with E-state index >= 15 is 0 Å². The molecule has 0 saturated carbocycles. The van der Waals surface area contributed by atoms with E-state index in [-0.39, 0.29) is 6.61 Å². The van der Waals surface area contributed by atoms with Gasteiger partial charge in [0.25, 0.3) is 0 Å². The van der Waals surface area contributed by atoms with Gasteiger partial charge in [-0.2, -0.15) is 0 Å². The van der Waals surface area contributed by atoms with Gasteiger partial charge in [-0.3, -0.25) is 19.3 Å². The molecule has 1 aromatic heterocycles. The molecular weight excluding hydrogens is 408 g/mol.